The lowest BCUT2D eigenvalue weighted by Crippen LogP contribution is -1.99. The van der Waals surface area contributed by atoms with Crippen molar-refractivity contribution in [3.63, 3.8) is 0 Å². The van der Waals surface area contributed by atoms with Crippen LogP contribution in [0, 0.1) is 0 Å². The van der Waals surface area contributed by atoms with E-state index in [0.29, 0.717) is 10.7 Å². The van der Waals surface area contributed by atoms with Gasteiger partial charge >= 0.3 is 0 Å². The minimum Gasteiger partial charge on any atom is -0.461 e. The number of carbonyl (C=O) groups excluding carboxylic acids is 1. The number of ketones is 1. The maximum Gasteiger partial charge on any atom is 0.248 e. The van der Waals surface area contributed by atoms with Crippen LogP contribution in [0.25, 0.3) is 16.8 Å². The molecular formula is C24H19ClN4O2. The van der Waals surface area contributed by atoms with Gasteiger partial charge < -0.3 is 13.6 Å². The number of aryl methyl sites for hydroxylation is 1. The fraction of sp³-hybridized carbons (Fsp3) is 0.0417. The molecule has 0 amide bonds. The van der Waals surface area contributed by atoms with Gasteiger partial charge in [0.25, 0.3) is 0 Å². The van der Waals surface area contributed by atoms with E-state index < -0.39 is 0 Å². The Balaban J connectivity index is 0.000000334. The van der Waals surface area contributed by atoms with Gasteiger partial charge in [0, 0.05) is 41.9 Å². The molecule has 0 radical (unpaired) electrons. The van der Waals surface area contributed by atoms with E-state index in [0.717, 1.165) is 16.8 Å². The Morgan fingerprint density at radius 1 is 1.03 bits per heavy atom. The van der Waals surface area contributed by atoms with Crippen LogP contribution in [0.5, 0.6) is 0 Å². The summed E-state index contributed by atoms with van der Waals surface area (Å²) in [5, 5.41) is 0.693. The molecular weight excluding hydrogens is 412 g/mol. The van der Waals surface area contributed by atoms with Gasteiger partial charge in [-0.25, -0.2) is 9.97 Å². The number of rotatable bonds is 4. The summed E-state index contributed by atoms with van der Waals surface area (Å²) in [6.45, 7) is 0. The normalized spacial score (nSPS) is 10.4. The number of aromatic nitrogens is 4. The van der Waals surface area contributed by atoms with Crippen molar-refractivity contribution in [3.8, 4) is 16.8 Å². The number of hydrogen-bond acceptors (Lipinski definition) is 4. The van der Waals surface area contributed by atoms with Crippen molar-refractivity contribution in [1.29, 1.82) is 0 Å². The third-order valence-electron chi connectivity index (χ3n) is 4.53. The van der Waals surface area contributed by atoms with Crippen molar-refractivity contribution in [2.75, 3.05) is 0 Å². The van der Waals surface area contributed by atoms with Gasteiger partial charge in [-0.05, 0) is 35.9 Å². The molecule has 0 saturated carbocycles. The molecule has 31 heavy (non-hydrogen) atoms. The highest BCUT2D eigenvalue weighted by molar-refractivity contribution is 6.33. The fourth-order valence-electron chi connectivity index (χ4n) is 2.97. The van der Waals surface area contributed by atoms with Gasteiger partial charge in [-0.15, -0.1) is 0 Å². The Hall–Kier alpha value is -3.90. The van der Waals surface area contributed by atoms with Crippen LogP contribution < -0.4 is 0 Å². The lowest BCUT2D eigenvalue weighted by atomic mass is 10.1. The van der Waals surface area contributed by atoms with Crippen LogP contribution in [0.4, 0.5) is 0 Å². The Morgan fingerprint density at radius 2 is 1.90 bits per heavy atom. The van der Waals surface area contributed by atoms with Gasteiger partial charge in [-0.2, -0.15) is 0 Å². The van der Waals surface area contributed by atoms with Gasteiger partial charge in [0.2, 0.25) is 5.78 Å². The van der Waals surface area contributed by atoms with Crippen LogP contribution in [-0.2, 0) is 7.05 Å². The molecule has 0 unspecified atom stereocenters. The first-order valence-corrected chi connectivity index (χ1v) is 9.89. The lowest BCUT2D eigenvalue weighted by molar-refractivity contribution is 0.100. The molecule has 0 fully saturated rings. The number of halogens is 1. The number of benzene rings is 2. The van der Waals surface area contributed by atoms with Crippen LogP contribution in [0.3, 0.4) is 0 Å². The van der Waals surface area contributed by atoms with Crippen LogP contribution in [0.15, 0.2) is 103 Å². The summed E-state index contributed by atoms with van der Waals surface area (Å²) in [5.74, 6) is 0.0288. The maximum atomic E-state index is 12.3. The monoisotopic (exact) mass is 430 g/mol. The lowest BCUT2D eigenvalue weighted by Gasteiger charge is -2.07. The van der Waals surface area contributed by atoms with Crippen LogP contribution in [0.1, 0.15) is 16.2 Å². The van der Waals surface area contributed by atoms with Crippen molar-refractivity contribution in [1.82, 2.24) is 19.1 Å². The zero-order valence-corrected chi connectivity index (χ0v) is 17.5. The van der Waals surface area contributed by atoms with Crippen molar-refractivity contribution >= 4 is 17.4 Å². The molecule has 0 spiro atoms. The van der Waals surface area contributed by atoms with E-state index in [1.807, 2.05) is 66.3 Å². The Labute approximate surface area is 184 Å². The number of hydrogen-bond donors (Lipinski definition) is 0. The molecule has 0 aliphatic carbocycles. The third-order valence-corrected chi connectivity index (χ3v) is 4.86. The van der Waals surface area contributed by atoms with Crippen LogP contribution in [-0.4, -0.2) is 24.9 Å². The van der Waals surface area contributed by atoms with E-state index in [2.05, 4.69) is 9.97 Å². The molecule has 2 aromatic carbocycles. The molecule has 7 heteroatoms. The molecule has 0 saturated heterocycles. The first-order chi connectivity index (χ1) is 15.1. The van der Waals surface area contributed by atoms with E-state index >= 15 is 0 Å². The van der Waals surface area contributed by atoms with Crippen LogP contribution in [0.2, 0.25) is 5.02 Å². The maximum absolute atomic E-state index is 12.3. The van der Waals surface area contributed by atoms with Crippen molar-refractivity contribution in [2.45, 2.75) is 0 Å². The summed E-state index contributed by atoms with van der Waals surface area (Å²) in [4.78, 5) is 20.3. The molecule has 0 atom stereocenters. The first kappa shape index (κ1) is 20.4. The quantitative estimate of drug-likeness (QED) is 0.356. The minimum atomic E-state index is -0.244. The van der Waals surface area contributed by atoms with E-state index in [4.69, 9.17) is 16.0 Å². The van der Waals surface area contributed by atoms with Gasteiger partial charge in [-0.3, -0.25) is 4.79 Å². The largest absolute Gasteiger partial charge is 0.461 e. The van der Waals surface area contributed by atoms with E-state index in [1.165, 1.54) is 6.26 Å². The molecule has 3 heterocycles. The fourth-order valence-corrected chi connectivity index (χ4v) is 3.22. The summed E-state index contributed by atoms with van der Waals surface area (Å²) < 4.78 is 8.83. The zero-order valence-electron chi connectivity index (χ0n) is 16.7. The molecule has 6 nitrogen and oxygen atoms in total. The zero-order chi connectivity index (χ0) is 21.6. The smallest absolute Gasteiger partial charge is 0.248 e. The minimum absolute atomic E-state index is 0.244. The molecule has 154 valence electrons. The van der Waals surface area contributed by atoms with Crippen molar-refractivity contribution in [3.05, 3.63) is 115 Å². The molecule has 0 aliphatic heterocycles. The Morgan fingerprint density at radius 3 is 2.58 bits per heavy atom. The number of carbonyl (C=O) groups is 1. The predicted octanol–water partition coefficient (Wildman–Crippen LogP) is 5.44. The average Bonchev–Trinajstić information content (AvgIpc) is 3.57. The van der Waals surface area contributed by atoms with E-state index in [-0.39, 0.29) is 11.5 Å². The summed E-state index contributed by atoms with van der Waals surface area (Å²) in [5.41, 5.74) is 3.18. The number of imidazole rings is 2. The SMILES string of the molecule is Cn1ccnc1.O=C(c1cn(-c2cccc(-c3ccccc3Cl)c2)cn1)c1ccco1. The van der Waals surface area contributed by atoms with E-state index in [1.54, 1.807) is 41.7 Å². The second kappa shape index (κ2) is 9.28. The average molecular weight is 431 g/mol. The molecule has 3 aromatic heterocycles. The molecule has 0 N–H and O–H groups in total. The van der Waals surface area contributed by atoms with Gasteiger partial charge in [-0.1, -0.05) is 41.9 Å². The van der Waals surface area contributed by atoms with Crippen LogP contribution >= 0.6 is 11.6 Å². The topological polar surface area (TPSA) is 65.8 Å². The second-order valence-electron chi connectivity index (χ2n) is 6.73. The Kier molecular flexibility index (Phi) is 6.10. The van der Waals surface area contributed by atoms with Crippen molar-refractivity contribution in [2.24, 2.45) is 7.05 Å². The summed E-state index contributed by atoms with van der Waals surface area (Å²) in [6, 6.07) is 18.9. The molecule has 0 aliphatic rings. The van der Waals surface area contributed by atoms with Crippen molar-refractivity contribution < 1.29 is 9.21 Å². The third kappa shape index (κ3) is 4.82. The molecule has 5 aromatic rings. The summed E-state index contributed by atoms with van der Waals surface area (Å²) in [6.07, 6.45) is 10.2. The number of nitrogens with zero attached hydrogens (tertiary/aromatic N) is 4. The highest BCUT2D eigenvalue weighted by atomic mass is 35.5. The predicted molar refractivity (Wildman–Crippen MR) is 119 cm³/mol. The standard InChI is InChI=1S/C20H13ClN2O2.C4H6N2/c21-17-8-2-1-7-16(17)14-5-3-6-15(11-14)23-12-18(22-13-23)20(24)19-9-4-10-25-19;1-6-3-2-5-4-6/h1-13H;2-4H,1H3. The first-order valence-electron chi connectivity index (χ1n) is 9.51. The molecule has 5 rings (SSSR count). The Bertz CT molecular complexity index is 1270. The second-order valence-corrected chi connectivity index (χ2v) is 7.14. The van der Waals surface area contributed by atoms with Gasteiger partial charge in [0.05, 0.1) is 12.6 Å². The highest BCUT2D eigenvalue weighted by Gasteiger charge is 2.15. The molecule has 0 bridgehead atoms. The van der Waals surface area contributed by atoms with E-state index in [9.17, 15) is 4.79 Å². The highest BCUT2D eigenvalue weighted by Crippen LogP contribution is 2.28. The summed E-state index contributed by atoms with van der Waals surface area (Å²) >= 11 is 6.29. The number of furan rings is 1. The summed E-state index contributed by atoms with van der Waals surface area (Å²) in [7, 11) is 1.94. The van der Waals surface area contributed by atoms with Gasteiger partial charge in [0.1, 0.15) is 12.0 Å². The van der Waals surface area contributed by atoms with Gasteiger partial charge in [0.15, 0.2) is 5.76 Å².